The molecule has 2 aliphatic carbocycles. The molecule has 110 valence electrons. The molecule has 5 atom stereocenters. The van der Waals surface area contributed by atoms with Gasteiger partial charge in [-0.25, -0.2) is 4.39 Å². The second-order valence-corrected chi connectivity index (χ2v) is 6.72. The molecular weight excluding hydrogens is 253 g/mol. The molecule has 1 aromatic rings. The largest absolute Gasteiger partial charge is 0.508 e. The van der Waals surface area contributed by atoms with E-state index in [0.717, 1.165) is 17.8 Å². The molecule has 2 nitrogen and oxygen atoms in total. The van der Waals surface area contributed by atoms with Crippen LogP contribution in [0.2, 0.25) is 0 Å². The summed E-state index contributed by atoms with van der Waals surface area (Å²) in [7, 11) is 0. The van der Waals surface area contributed by atoms with E-state index in [-0.39, 0.29) is 17.6 Å². The molecule has 2 fully saturated rings. The fraction of sp³-hybridized carbons (Fsp3) is 0.647. The van der Waals surface area contributed by atoms with Crippen molar-refractivity contribution in [2.75, 3.05) is 0 Å². The monoisotopic (exact) mass is 277 g/mol. The molecule has 2 aliphatic rings. The minimum atomic E-state index is -0.293. The van der Waals surface area contributed by atoms with Crippen LogP contribution in [-0.2, 0) is 0 Å². The number of hydrogen-bond donors (Lipinski definition) is 2. The van der Waals surface area contributed by atoms with E-state index in [2.05, 4.69) is 12.2 Å². The van der Waals surface area contributed by atoms with Gasteiger partial charge in [-0.1, -0.05) is 6.42 Å². The Balaban J connectivity index is 1.66. The molecule has 0 amide bonds. The first-order valence-corrected chi connectivity index (χ1v) is 7.79. The summed E-state index contributed by atoms with van der Waals surface area (Å²) >= 11 is 0. The second kappa shape index (κ2) is 5.36. The van der Waals surface area contributed by atoms with Crippen LogP contribution in [0, 0.1) is 23.6 Å². The Morgan fingerprint density at radius 1 is 1.25 bits per heavy atom. The topological polar surface area (TPSA) is 32.3 Å². The van der Waals surface area contributed by atoms with Crippen LogP contribution in [0.3, 0.4) is 0 Å². The first-order valence-electron chi connectivity index (χ1n) is 7.79. The Morgan fingerprint density at radius 3 is 2.70 bits per heavy atom. The summed E-state index contributed by atoms with van der Waals surface area (Å²) in [6.07, 6.45) is 5.52. The summed E-state index contributed by atoms with van der Waals surface area (Å²) in [5.74, 6) is 2.43. The molecule has 0 radical (unpaired) electrons. The van der Waals surface area contributed by atoms with Crippen LogP contribution in [0.5, 0.6) is 5.75 Å². The van der Waals surface area contributed by atoms with E-state index in [1.807, 2.05) is 6.92 Å². The van der Waals surface area contributed by atoms with Crippen LogP contribution in [0.4, 0.5) is 4.39 Å². The van der Waals surface area contributed by atoms with Crippen molar-refractivity contribution in [3.8, 4) is 5.75 Å². The highest BCUT2D eigenvalue weighted by Crippen LogP contribution is 2.49. The van der Waals surface area contributed by atoms with Crippen LogP contribution in [0.25, 0.3) is 0 Å². The molecule has 0 spiro atoms. The Hall–Kier alpha value is -1.09. The summed E-state index contributed by atoms with van der Waals surface area (Å²) in [6, 6.07) is 4.55. The quantitative estimate of drug-likeness (QED) is 0.871. The molecule has 5 unspecified atom stereocenters. The second-order valence-electron chi connectivity index (χ2n) is 6.72. The van der Waals surface area contributed by atoms with E-state index < -0.39 is 0 Å². The number of phenolic OH excluding ortho intramolecular Hbond substituents is 1. The number of aromatic hydroxyl groups is 1. The molecule has 0 aromatic heterocycles. The van der Waals surface area contributed by atoms with E-state index in [1.165, 1.54) is 43.9 Å². The lowest BCUT2D eigenvalue weighted by molar-refractivity contribution is 0.247. The lowest BCUT2D eigenvalue weighted by Crippen LogP contribution is -2.37. The van der Waals surface area contributed by atoms with Crippen molar-refractivity contribution in [3.05, 3.63) is 29.6 Å². The van der Waals surface area contributed by atoms with Crippen molar-refractivity contribution in [2.24, 2.45) is 17.8 Å². The van der Waals surface area contributed by atoms with Crippen LogP contribution < -0.4 is 5.32 Å². The minimum absolute atomic E-state index is 0.0279. The van der Waals surface area contributed by atoms with Gasteiger partial charge in [0.05, 0.1) is 0 Å². The number of fused-ring (bicyclic) bond motifs is 2. The van der Waals surface area contributed by atoms with Gasteiger partial charge in [-0.3, -0.25) is 0 Å². The first-order chi connectivity index (χ1) is 9.54. The average molecular weight is 277 g/mol. The maximum Gasteiger partial charge on any atom is 0.123 e. The van der Waals surface area contributed by atoms with Gasteiger partial charge in [0.2, 0.25) is 0 Å². The fourth-order valence-electron chi connectivity index (χ4n) is 4.39. The van der Waals surface area contributed by atoms with Gasteiger partial charge in [-0.2, -0.15) is 0 Å². The number of phenols is 1. The zero-order valence-electron chi connectivity index (χ0n) is 12.3. The zero-order valence-corrected chi connectivity index (χ0v) is 12.3. The number of rotatable bonds is 4. The van der Waals surface area contributed by atoms with Gasteiger partial charge >= 0.3 is 0 Å². The van der Waals surface area contributed by atoms with Crippen molar-refractivity contribution in [1.82, 2.24) is 5.32 Å². The molecule has 2 N–H and O–H groups in total. The molecule has 1 aromatic carbocycles. The molecule has 20 heavy (non-hydrogen) atoms. The third-order valence-corrected chi connectivity index (χ3v) is 5.40. The van der Waals surface area contributed by atoms with E-state index in [0.29, 0.717) is 11.6 Å². The number of benzene rings is 1. The molecular formula is C17H24FNO. The molecule has 0 aliphatic heterocycles. The van der Waals surface area contributed by atoms with Gasteiger partial charge in [0, 0.05) is 17.6 Å². The molecule has 3 rings (SSSR count). The van der Waals surface area contributed by atoms with Crippen molar-refractivity contribution >= 4 is 0 Å². The highest BCUT2D eigenvalue weighted by molar-refractivity contribution is 5.34. The van der Waals surface area contributed by atoms with Gasteiger partial charge < -0.3 is 10.4 Å². The van der Waals surface area contributed by atoms with Crippen LogP contribution in [0.15, 0.2) is 18.2 Å². The SMILES string of the molecule is CC(NC(C)C1CC2CCC1C2)c1cc(F)ccc1O. The smallest absolute Gasteiger partial charge is 0.123 e. The third-order valence-electron chi connectivity index (χ3n) is 5.40. The molecule has 2 bridgehead atoms. The number of halogens is 1. The highest BCUT2D eigenvalue weighted by atomic mass is 19.1. The van der Waals surface area contributed by atoms with Gasteiger partial charge in [0.1, 0.15) is 11.6 Å². The Kier molecular flexibility index (Phi) is 3.72. The number of nitrogens with one attached hydrogen (secondary N) is 1. The predicted octanol–water partition coefficient (Wildman–Crippen LogP) is 4.01. The molecule has 2 saturated carbocycles. The summed E-state index contributed by atoms with van der Waals surface area (Å²) < 4.78 is 13.3. The minimum Gasteiger partial charge on any atom is -0.508 e. The maximum atomic E-state index is 13.3. The van der Waals surface area contributed by atoms with Crippen molar-refractivity contribution in [2.45, 2.75) is 51.6 Å². The van der Waals surface area contributed by atoms with Crippen molar-refractivity contribution in [3.63, 3.8) is 0 Å². The summed E-state index contributed by atoms with van der Waals surface area (Å²) in [6.45, 7) is 4.23. The van der Waals surface area contributed by atoms with E-state index in [4.69, 9.17) is 0 Å². The van der Waals surface area contributed by atoms with Crippen LogP contribution >= 0.6 is 0 Å². The number of hydrogen-bond acceptors (Lipinski definition) is 2. The van der Waals surface area contributed by atoms with Gasteiger partial charge in [-0.05, 0) is 69.1 Å². The van der Waals surface area contributed by atoms with E-state index in [9.17, 15) is 9.50 Å². The van der Waals surface area contributed by atoms with E-state index in [1.54, 1.807) is 0 Å². The maximum absolute atomic E-state index is 13.3. The fourth-order valence-corrected chi connectivity index (χ4v) is 4.39. The lowest BCUT2D eigenvalue weighted by Gasteiger charge is -2.31. The Bertz CT molecular complexity index is 490. The Labute approximate surface area is 120 Å². The molecule has 0 saturated heterocycles. The summed E-state index contributed by atoms with van der Waals surface area (Å²) in [5.41, 5.74) is 0.653. The third kappa shape index (κ3) is 2.56. The van der Waals surface area contributed by atoms with Gasteiger partial charge in [0.25, 0.3) is 0 Å². The summed E-state index contributed by atoms with van der Waals surface area (Å²) in [5, 5.41) is 13.4. The molecule has 0 heterocycles. The van der Waals surface area contributed by atoms with Crippen molar-refractivity contribution in [1.29, 1.82) is 0 Å². The van der Waals surface area contributed by atoms with Gasteiger partial charge in [-0.15, -0.1) is 0 Å². The zero-order chi connectivity index (χ0) is 14.3. The normalized spacial score (nSPS) is 31.4. The average Bonchev–Trinajstić information content (AvgIpc) is 3.03. The van der Waals surface area contributed by atoms with Crippen molar-refractivity contribution < 1.29 is 9.50 Å². The van der Waals surface area contributed by atoms with Crippen LogP contribution in [0.1, 0.15) is 51.1 Å². The Morgan fingerprint density at radius 2 is 2.05 bits per heavy atom. The van der Waals surface area contributed by atoms with Crippen LogP contribution in [-0.4, -0.2) is 11.1 Å². The predicted molar refractivity (Wildman–Crippen MR) is 78.0 cm³/mol. The standard InChI is InChI=1S/C17H24FNO/c1-10(15-8-12-3-4-13(15)7-12)19-11(2)16-9-14(18)5-6-17(16)20/h5-6,9-13,15,19-20H,3-4,7-8H2,1-2H3. The van der Waals surface area contributed by atoms with E-state index >= 15 is 0 Å². The van der Waals surface area contributed by atoms with Gasteiger partial charge in [0.15, 0.2) is 0 Å². The summed E-state index contributed by atoms with van der Waals surface area (Å²) in [4.78, 5) is 0. The highest BCUT2D eigenvalue weighted by Gasteiger charge is 2.41. The first kappa shape index (κ1) is 13.9. The lowest BCUT2D eigenvalue weighted by atomic mass is 9.83. The molecule has 3 heteroatoms.